The molecule has 0 bridgehead atoms. The predicted molar refractivity (Wildman–Crippen MR) is 105 cm³/mol. The summed E-state index contributed by atoms with van der Waals surface area (Å²) in [7, 11) is 1.62. The van der Waals surface area contributed by atoms with Crippen LogP contribution in [0.25, 0.3) is 11.4 Å². The number of carbonyl (C=O) groups is 1. The van der Waals surface area contributed by atoms with Crippen molar-refractivity contribution in [3.63, 3.8) is 0 Å². The number of nitrogen functional groups attached to an aromatic ring is 1. The molecule has 2 heterocycles. The van der Waals surface area contributed by atoms with Gasteiger partial charge in [0, 0.05) is 18.3 Å². The van der Waals surface area contributed by atoms with E-state index in [1.807, 2.05) is 24.3 Å². The van der Waals surface area contributed by atoms with Gasteiger partial charge in [0.1, 0.15) is 5.75 Å². The Labute approximate surface area is 162 Å². The first kappa shape index (κ1) is 18.0. The zero-order valence-electron chi connectivity index (χ0n) is 16.0. The van der Waals surface area contributed by atoms with Gasteiger partial charge in [-0.25, -0.2) is 9.97 Å². The van der Waals surface area contributed by atoms with Gasteiger partial charge >= 0.3 is 0 Å². The molecule has 0 unspecified atom stereocenters. The van der Waals surface area contributed by atoms with Crippen LogP contribution in [0.3, 0.4) is 0 Å². The number of hydrogen-bond donors (Lipinski definition) is 3. The van der Waals surface area contributed by atoms with Gasteiger partial charge in [0.05, 0.1) is 18.5 Å². The summed E-state index contributed by atoms with van der Waals surface area (Å²) < 4.78 is 5.23. The minimum Gasteiger partial charge on any atom is -0.497 e. The van der Waals surface area contributed by atoms with E-state index in [1.165, 1.54) is 0 Å². The topological polar surface area (TPSA) is 119 Å². The maximum absolute atomic E-state index is 12.9. The Morgan fingerprint density at radius 1 is 1.39 bits per heavy atom. The highest BCUT2D eigenvalue weighted by Crippen LogP contribution is 2.42. The molecule has 1 aromatic carbocycles. The number of amides is 1. The number of nitrogens with zero attached hydrogens (tertiary/aromatic N) is 3. The molecule has 4 N–H and O–H groups in total. The molecule has 1 aliphatic rings. The van der Waals surface area contributed by atoms with E-state index < -0.39 is 0 Å². The fourth-order valence-corrected chi connectivity index (χ4v) is 3.72. The summed E-state index contributed by atoms with van der Waals surface area (Å²) in [6, 6.07) is 7.58. The van der Waals surface area contributed by atoms with Crippen LogP contribution >= 0.6 is 0 Å². The number of benzene rings is 1. The molecule has 0 radical (unpaired) electrons. The molecule has 3 aromatic rings. The van der Waals surface area contributed by atoms with Gasteiger partial charge in [-0.15, -0.1) is 0 Å². The van der Waals surface area contributed by atoms with Gasteiger partial charge in [-0.3, -0.25) is 9.89 Å². The summed E-state index contributed by atoms with van der Waals surface area (Å²) in [4.78, 5) is 21.3. The Morgan fingerprint density at radius 2 is 2.21 bits per heavy atom. The average Bonchev–Trinajstić information content (AvgIpc) is 3.14. The Morgan fingerprint density at radius 3 is 3.00 bits per heavy atom. The Hall–Kier alpha value is -3.42. The SMILES string of the molecule is COc1cccc(CNC(=O)c2n[nH]c3c2C(C)(C)Cc2cnc(N)nc2-3)c1. The van der Waals surface area contributed by atoms with Crippen molar-refractivity contribution in [3.05, 3.63) is 52.8 Å². The summed E-state index contributed by atoms with van der Waals surface area (Å²) >= 11 is 0. The van der Waals surface area contributed by atoms with Crippen LogP contribution in [0.4, 0.5) is 5.95 Å². The average molecular weight is 378 g/mol. The summed E-state index contributed by atoms with van der Waals surface area (Å²) in [6.45, 7) is 4.54. The number of fused-ring (bicyclic) bond motifs is 3. The summed E-state index contributed by atoms with van der Waals surface area (Å²) in [5.74, 6) is 0.709. The molecule has 1 amide bonds. The normalized spacial score (nSPS) is 14.1. The van der Waals surface area contributed by atoms with Crippen LogP contribution in [0.1, 0.15) is 41.0 Å². The first-order valence-electron chi connectivity index (χ1n) is 9.01. The highest BCUT2D eigenvalue weighted by Gasteiger charge is 2.38. The van der Waals surface area contributed by atoms with E-state index >= 15 is 0 Å². The third-order valence-electron chi connectivity index (χ3n) is 5.00. The number of H-pyrrole nitrogens is 1. The van der Waals surface area contributed by atoms with Crippen molar-refractivity contribution >= 4 is 11.9 Å². The quantitative estimate of drug-likeness (QED) is 0.640. The van der Waals surface area contributed by atoms with E-state index in [0.717, 1.165) is 28.1 Å². The van der Waals surface area contributed by atoms with E-state index in [4.69, 9.17) is 10.5 Å². The number of nitrogens with two attached hydrogens (primary N) is 1. The lowest BCUT2D eigenvalue weighted by molar-refractivity contribution is 0.0943. The predicted octanol–water partition coefficient (Wildman–Crippen LogP) is 2.22. The lowest BCUT2D eigenvalue weighted by Crippen LogP contribution is -2.31. The van der Waals surface area contributed by atoms with Crippen molar-refractivity contribution in [2.24, 2.45) is 0 Å². The van der Waals surface area contributed by atoms with Crippen molar-refractivity contribution in [3.8, 4) is 17.1 Å². The number of hydrogen-bond acceptors (Lipinski definition) is 6. The van der Waals surface area contributed by atoms with Crippen LogP contribution < -0.4 is 15.8 Å². The molecule has 28 heavy (non-hydrogen) atoms. The zero-order chi connectivity index (χ0) is 19.9. The van der Waals surface area contributed by atoms with Gasteiger partial charge in [-0.2, -0.15) is 5.10 Å². The second-order valence-corrected chi connectivity index (χ2v) is 7.52. The molecule has 8 heteroatoms. The third kappa shape index (κ3) is 3.06. The highest BCUT2D eigenvalue weighted by molar-refractivity contribution is 5.96. The molecule has 4 rings (SSSR count). The molecular formula is C20H22N6O2. The Kier molecular flexibility index (Phi) is 4.26. The minimum absolute atomic E-state index is 0.197. The maximum Gasteiger partial charge on any atom is 0.272 e. The molecular weight excluding hydrogens is 356 g/mol. The fourth-order valence-electron chi connectivity index (χ4n) is 3.72. The van der Waals surface area contributed by atoms with Gasteiger partial charge in [0.25, 0.3) is 5.91 Å². The van der Waals surface area contributed by atoms with E-state index in [0.29, 0.717) is 24.4 Å². The molecule has 0 saturated carbocycles. The van der Waals surface area contributed by atoms with Gasteiger partial charge < -0.3 is 15.8 Å². The number of carbonyl (C=O) groups excluding carboxylic acids is 1. The van der Waals surface area contributed by atoms with E-state index in [2.05, 4.69) is 39.3 Å². The maximum atomic E-state index is 12.9. The molecule has 144 valence electrons. The van der Waals surface area contributed by atoms with Crippen molar-refractivity contribution in [1.29, 1.82) is 0 Å². The van der Waals surface area contributed by atoms with Crippen LogP contribution in [-0.4, -0.2) is 33.2 Å². The van der Waals surface area contributed by atoms with Crippen LogP contribution in [0.15, 0.2) is 30.5 Å². The van der Waals surface area contributed by atoms with Crippen LogP contribution in [0.5, 0.6) is 5.75 Å². The number of aromatic nitrogens is 4. The molecule has 0 aliphatic heterocycles. The number of rotatable bonds is 4. The molecule has 1 aliphatic carbocycles. The smallest absolute Gasteiger partial charge is 0.272 e. The highest BCUT2D eigenvalue weighted by atomic mass is 16.5. The van der Waals surface area contributed by atoms with E-state index in [9.17, 15) is 4.79 Å². The first-order valence-corrected chi connectivity index (χ1v) is 9.01. The number of nitrogens with one attached hydrogen (secondary N) is 2. The first-order chi connectivity index (χ1) is 13.4. The molecule has 2 aromatic heterocycles. The van der Waals surface area contributed by atoms with Crippen molar-refractivity contribution in [2.45, 2.75) is 32.2 Å². The van der Waals surface area contributed by atoms with Crippen molar-refractivity contribution < 1.29 is 9.53 Å². The molecule has 8 nitrogen and oxygen atoms in total. The van der Waals surface area contributed by atoms with Crippen LogP contribution in [0, 0.1) is 0 Å². The largest absolute Gasteiger partial charge is 0.497 e. The van der Waals surface area contributed by atoms with Crippen molar-refractivity contribution in [1.82, 2.24) is 25.5 Å². The summed E-state index contributed by atoms with van der Waals surface area (Å²) in [6.07, 6.45) is 2.44. The molecule has 0 saturated heterocycles. The number of anilines is 1. The molecule has 0 spiro atoms. The monoisotopic (exact) mass is 378 g/mol. The minimum atomic E-state index is -0.294. The summed E-state index contributed by atoms with van der Waals surface area (Å²) in [5.41, 5.74) is 10.1. The Bertz CT molecular complexity index is 1060. The summed E-state index contributed by atoms with van der Waals surface area (Å²) in [5, 5.41) is 10.2. The second kappa shape index (κ2) is 6.63. The lowest BCUT2D eigenvalue weighted by Gasteiger charge is -2.31. The second-order valence-electron chi connectivity index (χ2n) is 7.52. The molecule has 0 fully saturated rings. The molecule has 0 atom stereocenters. The van der Waals surface area contributed by atoms with Gasteiger partial charge in [0.2, 0.25) is 5.95 Å². The Balaban J connectivity index is 1.64. The number of ether oxygens (including phenoxy) is 1. The van der Waals surface area contributed by atoms with E-state index in [1.54, 1.807) is 13.3 Å². The van der Waals surface area contributed by atoms with Gasteiger partial charge in [-0.05, 0) is 35.1 Å². The zero-order valence-corrected chi connectivity index (χ0v) is 16.0. The third-order valence-corrected chi connectivity index (χ3v) is 5.00. The van der Waals surface area contributed by atoms with Gasteiger partial charge in [0.15, 0.2) is 5.69 Å². The fraction of sp³-hybridized carbons (Fsp3) is 0.300. The number of methoxy groups -OCH3 is 1. The number of aromatic amines is 1. The van der Waals surface area contributed by atoms with Crippen LogP contribution in [0.2, 0.25) is 0 Å². The van der Waals surface area contributed by atoms with Gasteiger partial charge in [-0.1, -0.05) is 26.0 Å². The lowest BCUT2D eigenvalue weighted by atomic mass is 9.73. The van der Waals surface area contributed by atoms with Crippen LogP contribution in [-0.2, 0) is 18.4 Å². The van der Waals surface area contributed by atoms with Crippen molar-refractivity contribution in [2.75, 3.05) is 12.8 Å². The standard InChI is InChI=1S/C20H22N6O2/c1-20(2)8-12-10-23-19(21)24-15(12)16-14(20)17(26-25-16)18(27)22-9-11-5-4-6-13(7-11)28-3/h4-7,10H,8-9H2,1-3H3,(H,22,27)(H,25,26)(H2,21,23,24). The van der Waals surface area contributed by atoms with E-state index in [-0.39, 0.29) is 17.3 Å².